The molecule has 204 valence electrons. The second kappa shape index (κ2) is 13.9. The highest BCUT2D eigenvalue weighted by Gasteiger charge is 2.31. The van der Waals surface area contributed by atoms with Gasteiger partial charge >= 0.3 is 0 Å². The van der Waals surface area contributed by atoms with E-state index in [1.165, 1.54) is 23.5 Å². The van der Waals surface area contributed by atoms with Gasteiger partial charge in [-0.3, -0.25) is 9.69 Å². The zero-order chi connectivity index (χ0) is 26.8. The summed E-state index contributed by atoms with van der Waals surface area (Å²) in [5.74, 6) is 0.374. The van der Waals surface area contributed by atoms with E-state index in [2.05, 4.69) is 5.32 Å². The van der Waals surface area contributed by atoms with Gasteiger partial charge in [-0.1, -0.05) is 44.2 Å². The molecule has 37 heavy (non-hydrogen) atoms. The van der Waals surface area contributed by atoms with Gasteiger partial charge in [0, 0.05) is 26.2 Å². The van der Waals surface area contributed by atoms with E-state index in [-0.39, 0.29) is 36.4 Å². The van der Waals surface area contributed by atoms with E-state index in [0.29, 0.717) is 38.5 Å². The number of amides is 1. The number of carbonyl (C=O) groups is 1. The number of benzene rings is 2. The van der Waals surface area contributed by atoms with Crippen molar-refractivity contribution in [2.45, 2.75) is 37.3 Å². The van der Waals surface area contributed by atoms with Crippen molar-refractivity contribution in [2.24, 2.45) is 5.92 Å². The molecule has 0 aromatic heterocycles. The third-order valence-corrected chi connectivity index (χ3v) is 8.08. The van der Waals surface area contributed by atoms with Crippen LogP contribution in [0.2, 0.25) is 0 Å². The molecular weight excluding hydrogens is 494 g/mol. The molecule has 3 rings (SSSR count). The van der Waals surface area contributed by atoms with Gasteiger partial charge in [-0.25, -0.2) is 8.42 Å². The Morgan fingerprint density at radius 2 is 1.73 bits per heavy atom. The van der Waals surface area contributed by atoms with E-state index >= 15 is 0 Å². The number of aliphatic hydroxyl groups is 1. The van der Waals surface area contributed by atoms with Crippen molar-refractivity contribution in [3.05, 3.63) is 60.2 Å². The molecule has 10 heteroatoms. The van der Waals surface area contributed by atoms with E-state index in [9.17, 15) is 18.3 Å². The Morgan fingerprint density at radius 1 is 1.08 bits per heavy atom. The highest BCUT2D eigenvalue weighted by Crippen LogP contribution is 2.21. The molecule has 0 spiro atoms. The summed E-state index contributed by atoms with van der Waals surface area (Å²) in [7, 11) is -2.37. The molecule has 2 aromatic rings. The van der Waals surface area contributed by atoms with Crippen LogP contribution in [-0.2, 0) is 26.0 Å². The van der Waals surface area contributed by atoms with Crippen LogP contribution in [0.25, 0.3) is 0 Å². The quantitative estimate of drug-likeness (QED) is 0.404. The minimum Gasteiger partial charge on any atom is -0.497 e. The topological polar surface area (TPSA) is 108 Å². The maximum absolute atomic E-state index is 13.5. The van der Waals surface area contributed by atoms with Crippen LogP contribution in [0.5, 0.6) is 5.75 Å². The van der Waals surface area contributed by atoms with Crippen LogP contribution in [0.1, 0.15) is 19.4 Å². The van der Waals surface area contributed by atoms with E-state index < -0.39 is 22.2 Å². The summed E-state index contributed by atoms with van der Waals surface area (Å²) in [4.78, 5) is 15.0. The van der Waals surface area contributed by atoms with Crippen molar-refractivity contribution in [1.29, 1.82) is 0 Å². The van der Waals surface area contributed by atoms with E-state index in [4.69, 9.17) is 9.47 Å². The third kappa shape index (κ3) is 8.79. The van der Waals surface area contributed by atoms with Crippen LogP contribution in [0, 0.1) is 5.92 Å². The maximum Gasteiger partial charge on any atom is 0.243 e. The van der Waals surface area contributed by atoms with Crippen molar-refractivity contribution in [1.82, 2.24) is 14.5 Å². The molecule has 0 unspecified atom stereocenters. The Bertz CT molecular complexity index is 1070. The molecule has 1 amide bonds. The lowest BCUT2D eigenvalue weighted by Crippen LogP contribution is -2.53. The van der Waals surface area contributed by atoms with Gasteiger partial charge in [-0.15, -0.1) is 0 Å². The molecule has 0 bridgehead atoms. The standard InChI is InChI=1S/C27H39N3O6S/c1-21(2)18-30(37(33,34)24-11-9-23(35-3)10-12-24)19-26(31)25(17-22-7-5-4-6-8-22)28-27(32)20-29-13-15-36-16-14-29/h4-12,21,25-26,31H,13-20H2,1-3H3,(H,28,32)/t25-,26+/m0/s1. The van der Waals surface area contributed by atoms with Crippen LogP contribution >= 0.6 is 0 Å². The average molecular weight is 534 g/mol. The lowest BCUT2D eigenvalue weighted by atomic mass is 10.0. The van der Waals surface area contributed by atoms with Gasteiger partial charge in [0.15, 0.2) is 0 Å². The highest BCUT2D eigenvalue weighted by molar-refractivity contribution is 7.89. The number of rotatable bonds is 13. The predicted octanol–water partition coefficient (Wildman–Crippen LogP) is 1.76. The summed E-state index contributed by atoms with van der Waals surface area (Å²) in [6.45, 7) is 6.62. The first kappa shape index (κ1) is 29.1. The number of nitrogens with one attached hydrogen (secondary N) is 1. The van der Waals surface area contributed by atoms with E-state index in [1.54, 1.807) is 12.1 Å². The van der Waals surface area contributed by atoms with Crippen LogP contribution in [0.15, 0.2) is 59.5 Å². The molecule has 1 aliphatic heterocycles. The Kier molecular flexibility index (Phi) is 10.9. The number of aliphatic hydroxyl groups excluding tert-OH is 1. The number of methoxy groups -OCH3 is 1. The van der Waals surface area contributed by atoms with Crippen molar-refractivity contribution >= 4 is 15.9 Å². The average Bonchev–Trinajstić information content (AvgIpc) is 2.88. The monoisotopic (exact) mass is 533 g/mol. The van der Waals surface area contributed by atoms with Gasteiger partial charge < -0.3 is 19.9 Å². The van der Waals surface area contributed by atoms with Crippen LogP contribution < -0.4 is 10.1 Å². The number of hydrogen-bond acceptors (Lipinski definition) is 7. The third-order valence-electron chi connectivity index (χ3n) is 6.24. The zero-order valence-corrected chi connectivity index (χ0v) is 22.7. The van der Waals surface area contributed by atoms with Gasteiger partial charge in [-0.2, -0.15) is 4.31 Å². The predicted molar refractivity (Wildman–Crippen MR) is 142 cm³/mol. The number of sulfonamides is 1. The van der Waals surface area contributed by atoms with E-state index in [0.717, 1.165) is 5.56 Å². The first-order valence-corrected chi connectivity index (χ1v) is 14.1. The number of nitrogens with zero attached hydrogens (tertiary/aromatic N) is 2. The Hall–Kier alpha value is -2.50. The van der Waals surface area contributed by atoms with Gasteiger partial charge in [0.1, 0.15) is 5.75 Å². The molecule has 1 fully saturated rings. The SMILES string of the molecule is COc1ccc(S(=O)(=O)N(CC(C)C)C[C@@H](O)[C@H](Cc2ccccc2)NC(=O)CN2CCOCC2)cc1. The van der Waals surface area contributed by atoms with Crippen LogP contribution in [-0.4, -0.2) is 93.8 Å². The highest BCUT2D eigenvalue weighted by atomic mass is 32.2. The molecule has 1 aliphatic rings. The number of ether oxygens (including phenoxy) is 2. The molecular formula is C27H39N3O6S. The van der Waals surface area contributed by atoms with Crippen molar-refractivity contribution in [3.63, 3.8) is 0 Å². The summed E-state index contributed by atoms with van der Waals surface area (Å²) in [5, 5.41) is 14.3. The molecule has 0 saturated carbocycles. The molecule has 9 nitrogen and oxygen atoms in total. The maximum atomic E-state index is 13.5. The smallest absolute Gasteiger partial charge is 0.243 e. The van der Waals surface area contributed by atoms with Gasteiger partial charge in [0.05, 0.1) is 43.9 Å². The molecule has 2 N–H and O–H groups in total. The van der Waals surface area contributed by atoms with Crippen LogP contribution in [0.4, 0.5) is 0 Å². The molecule has 2 aromatic carbocycles. The fourth-order valence-electron chi connectivity index (χ4n) is 4.28. The summed E-state index contributed by atoms with van der Waals surface area (Å²) in [6, 6.07) is 15.1. The van der Waals surface area contributed by atoms with Gasteiger partial charge in [0.2, 0.25) is 15.9 Å². The van der Waals surface area contributed by atoms with Crippen molar-refractivity contribution < 1.29 is 27.8 Å². The van der Waals surface area contributed by atoms with Gasteiger partial charge in [0.25, 0.3) is 0 Å². The second-order valence-electron chi connectivity index (χ2n) is 9.71. The molecule has 2 atom stereocenters. The minimum absolute atomic E-state index is 0.0312. The lowest BCUT2D eigenvalue weighted by Gasteiger charge is -2.32. The summed E-state index contributed by atoms with van der Waals surface area (Å²) >= 11 is 0. The van der Waals surface area contributed by atoms with Crippen molar-refractivity contribution in [2.75, 3.05) is 53.0 Å². The summed E-state index contributed by atoms with van der Waals surface area (Å²) in [5.41, 5.74) is 0.937. The van der Waals surface area contributed by atoms with Gasteiger partial charge in [-0.05, 0) is 42.2 Å². The molecule has 1 saturated heterocycles. The molecule has 0 radical (unpaired) electrons. The summed E-state index contributed by atoms with van der Waals surface area (Å²) in [6.07, 6.45) is -0.754. The number of hydrogen-bond donors (Lipinski definition) is 2. The normalized spacial score (nSPS) is 16.5. The van der Waals surface area contributed by atoms with Crippen LogP contribution in [0.3, 0.4) is 0 Å². The largest absolute Gasteiger partial charge is 0.497 e. The second-order valence-corrected chi connectivity index (χ2v) is 11.6. The fourth-order valence-corrected chi connectivity index (χ4v) is 5.90. The zero-order valence-electron chi connectivity index (χ0n) is 21.9. The first-order chi connectivity index (χ1) is 17.7. The Labute approximate surface area is 220 Å². The Morgan fingerprint density at radius 3 is 2.32 bits per heavy atom. The first-order valence-electron chi connectivity index (χ1n) is 12.6. The lowest BCUT2D eigenvalue weighted by molar-refractivity contribution is -0.124. The van der Waals surface area contributed by atoms with Crippen molar-refractivity contribution in [3.8, 4) is 5.75 Å². The number of carbonyl (C=O) groups excluding carboxylic acids is 1. The fraction of sp³-hybridized carbons (Fsp3) is 0.519. The summed E-state index contributed by atoms with van der Waals surface area (Å²) < 4.78 is 38.9. The molecule has 1 heterocycles. The Balaban J connectivity index is 1.79. The minimum atomic E-state index is -3.89. The van der Waals surface area contributed by atoms with E-state index in [1.807, 2.05) is 49.1 Å². The molecule has 0 aliphatic carbocycles. The number of morpholine rings is 1.